The van der Waals surface area contributed by atoms with E-state index in [-0.39, 0.29) is 11.5 Å². The van der Waals surface area contributed by atoms with Crippen molar-refractivity contribution in [3.05, 3.63) is 66.0 Å². The van der Waals surface area contributed by atoms with Crippen LogP contribution < -0.4 is 11.1 Å². The summed E-state index contributed by atoms with van der Waals surface area (Å²) in [7, 11) is 0. The lowest BCUT2D eigenvalue weighted by Crippen LogP contribution is -2.18. The van der Waals surface area contributed by atoms with Crippen molar-refractivity contribution >= 4 is 23.0 Å². The number of benzene rings is 1. The first-order valence-electron chi connectivity index (χ1n) is 6.29. The highest BCUT2D eigenvalue weighted by Crippen LogP contribution is 2.17. The molecule has 2 aromatic heterocycles. The third-order valence-electron chi connectivity index (χ3n) is 3.11. The Morgan fingerprint density at radius 2 is 1.81 bits per heavy atom. The molecule has 1 aromatic carbocycles. The summed E-state index contributed by atoms with van der Waals surface area (Å²) in [6.45, 7) is 0. The number of anilines is 1. The van der Waals surface area contributed by atoms with Gasteiger partial charge in [-0.3, -0.25) is 9.59 Å². The molecule has 0 aliphatic carbocycles. The first kappa shape index (κ1) is 12.9. The maximum absolute atomic E-state index is 12.3. The summed E-state index contributed by atoms with van der Waals surface area (Å²) < 4.78 is 1.61. The fourth-order valence-corrected chi connectivity index (χ4v) is 2.11. The predicted molar refractivity (Wildman–Crippen MR) is 78.1 cm³/mol. The van der Waals surface area contributed by atoms with E-state index in [9.17, 15) is 9.59 Å². The Balaban J connectivity index is 1.96. The highest BCUT2D eigenvalue weighted by molar-refractivity contribution is 6.11. The van der Waals surface area contributed by atoms with Crippen LogP contribution in [0, 0.1) is 0 Å². The van der Waals surface area contributed by atoms with Gasteiger partial charge < -0.3 is 11.1 Å². The van der Waals surface area contributed by atoms with Crippen molar-refractivity contribution in [1.29, 1.82) is 0 Å². The van der Waals surface area contributed by atoms with E-state index < -0.39 is 5.91 Å². The average Bonchev–Trinajstić information content (AvgIpc) is 2.91. The Bertz CT molecular complexity index is 838. The number of hydrogen-bond donors (Lipinski definition) is 2. The van der Waals surface area contributed by atoms with Crippen molar-refractivity contribution in [1.82, 2.24) is 9.61 Å². The summed E-state index contributed by atoms with van der Waals surface area (Å²) >= 11 is 0. The minimum atomic E-state index is -0.592. The second-order valence-corrected chi connectivity index (χ2v) is 4.45. The number of amides is 2. The van der Waals surface area contributed by atoms with Crippen molar-refractivity contribution in [2.75, 3.05) is 5.32 Å². The number of pyridine rings is 1. The van der Waals surface area contributed by atoms with Crippen molar-refractivity contribution in [2.24, 2.45) is 5.73 Å². The molecule has 21 heavy (non-hydrogen) atoms. The Kier molecular flexibility index (Phi) is 3.12. The molecule has 6 nitrogen and oxygen atoms in total. The third-order valence-corrected chi connectivity index (χ3v) is 3.11. The molecule has 0 bridgehead atoms. The quantitative estimate of drug-likeness (QED) is 0.765. The average molecular weight is 280 g/mol. The second kappa shape index (κ2) is 5.09. The lowest BCUT2D eigenvalue weighted by atomic mass is 10.1. The van der Waals surface area contributed by atoms with Gasteiger partial charge in [-0.05, 0) is 24.3 Å². The van der Waals surface area contributed by atoms with Crippen LogP contribution in [-0.4, -0.2) is 21.4 Å². The van der Waals surface area contributed by atoms with E-state index in [1.165, 1.54) is 6.20 Å². The fraction of sp³-hybridized carbons (Fsp3) is 0. The molecule has 0 aliphatic rings. The predicted octanol–water partition coefficient (Wildman–Crippen LogP) is 1.69. The largest absolute Gasteiger partial charge is 0.366 e. The Morgan fingerprint density at radius 3 is 2.62 bits per heavy atom. The van der Waals surface area contributed by atoms with Crippen molar-refractivity contribution in [3.8, 4) is 0 Å². The number of aromatic nitrogens is 2. The molecule has 0 spiro atoms. The van der Waals surface area contributed by atoms with Crippen LogP contribution in [0.2, 0.25) is 0 Å². The van der Waals surface area contributed by atoms with Gasteiger partial charge in [-0.1, -0.05) is 18.2 Å². The molecule has 2 heterocycles. The third kappa shape index (κ3) is 2.34. The number of nitrogens with one attached hydrogen (secondary N) is 1. The molecule has 0 unspecified atom stereocenters. The molecule has 3 rings (SSSR count). The molecule has 0 aliphatic heterocycles. The summed E-state index contributed by atoms with van der Waals surface area (Å²) in [6, 6.07) is 12.0. The van der Waals surface area contributed by atoms with Crippen molar-refractivity contribution < 1.29 is 9.59 Å². The Morgan fingerprint density at radius 1 is 1.05 bits per heavy atom. The van der Waals surface area contributed by atoms with Gasteiger partial charge in [0.25, 0.3) is 11.8 Å². The molecular weight excluding hydrogens is 268 g/mol. The van der Waals surface area contributed by atoms with Gasteiger partial charge >= 0.3 is 0 Å². The zero-order chi connectivity index (χ0) is 14.8. The SMILES string of the molecule is NC(=O)c1ccccc1NC(=O)c1cnn2ccccc12. The number of carbonyl (C=O) groups excluding carboxylic acids is 2. The van der Waals surface area contributed by atoms with E-state index in [1.807, 2.05) is 12.1 Å². The van der Waals surface area contributed by atoms with Crippen LogP contribution >= 0.6 is 0 Å². The minimum absolute atomic E-state index is 0.266. The summed E-state index contributed by atoms with van der Waals surface area (Å²) in [5, 5.41) is 6.80. The Hall–Kier alpha value is -3.15. The number of nitrogens with zero attached hydrogens (tertiary/aromatic N) is 2. The molecule has 2 amide bonds. The van der Waals surface area contributed by atoms with Crippen LogP contribution in [0.1, 0.15) is 20.7 Å². The lowest BCUT2D eigenvalue weighted by Gasteiger charge is -2.07. The van der Waals surface area contributed by atoms with Crippen LogP contribution in [0.4, 0.5) is 5.69 Å². The molecule has 104 valence electrons. The molecular formula is C15H12N4O2. The van der Waals surface area contributed by atoms with Gasteiger partial charge in [-0.25, -0.2) is 4.52 Å². The van der Waals surface area contributed by atoms with E-state index >= 15 is 0 Å². The van der Waals surface area contributed by atoms with E-state index in [0.717, 1.165) is 0 Å². The van der Waals surface area contributed by atoms with Gasteiger partial charge in [-0.15, -0.1) is 0 Å². The van der Waals surface area contributed by atoms with E-state index in [4.69, 9.17) is 5.73 Å². The lowest BCUT2D eigenvalue weighted by molar-refractivity contribution is 0.100. The van der Waals surface area contributed by atoms with Gasteiger partial charge in [0, 0.05) is 6.20 Å². The zero-order valence-electron chi connectivity index (χ0n) is 11.0. The number of hydrogen-bond acceptors (Lipinski definition) is 3. The molecule has 0 saturated carbocycles. The van der Waals surface area contributed by atoms with Gasteiger partial charge in [0.15, 0.2) is 0 Å². The topological polar surface area (TPSA) is 89.5 Å². The van der Waals surface area contributed by atoms with E-state index in [0.29, 0.717) is 16.8 Å². The van der Waals surface area contributed by atoms with E-state index in [1.54, 1.807) is 41.0 Å². The smallest absolute Gasteiger partial charge is 0.259 e. The first-order chi connectivity index (χ1) is 10.2. The molecule has 0 fully saturated rings. The second-order valence-electron chi connectivity index (χ2n) is 4.45. The van der Waals surface area contributed by atoms with Crippen molar-refractivity contribution in [2.45, 2.75) is 0 Å². The molecule has 3 aromatic rings. The van der Waals surface area contributed by atoms with Gasteiger partial charge in [-0.2, -0.15) is 5.10 Å². The van der Waals surface area contributed by atoms with Crippen molar-refractivity contribution in [3.63, 3.8) is 0 Å². The number of para-hydroxylation sites is 1. The number of primary amides is 1. The van der Waals surface area contributed by atoms with Crippen LogP contribution in [0.15, 0.2) is 54.9 Å². The van der Waals surface area contributed by atoms with Crippen LogP contribution in [0.3, 0.4) is 0 Å². The number of carbonyl (C=O) groups is 2. The normalized spacial score (nSPS) is 10.5. The monoisotopic (exact) mass is 280 g/mol. The number of nitrogens with two attached hydrogens (primary N) is 1. The van der Waals surface area contributed by atoms with Crippen LogP contribution in [0.25, 0.3) is 5.52 Å². The molecule has 0 atom stereocenters. The van der Waals surface area contributed by atoms with Gasteiger partial charge in [0.2, 0.25) is 0 Å². The summed E-state index contributed by atoms with van der Waals surface area (Å²) in [6.07, 6.45) is 3.24. The zero-order valence-corrected chi connectivity index (χ0v) is 11.0. The maximum Gasteiger partial charge on any atom is 0.259 e. The molecule has 6 heteroatoms. The highest BCUT2D eigenvalue weighted by Gasteiger charge is 2.15. The van der Waals surface area contributed by atoms with Crippen LogP contribution in [-0.2, 0) is 0 Å². The summed E-state index contributed by atoms with van der Waals surface area (Å²) in [5.74, 6) is -0.935. The molecule has 0 radical (unpaired) electrons. The summed E-state index contributed by atoms with van der Waals surface area (Å²) in [4.78, 5) is 23.7. The standard InChI is InChI=1S/C15H12N4O2/c16-14(20)10-5-1-2-6-12(10)18-15(21)11-9-17-19-8-4-3-7-13(11)19/h1-9H,(H2,16,20)(H,18,21). The first-order valence-corrected chi connectivity index (χ1v) is 6.29. The summed E-state index contributed by atoms with van der Waals surface area (Å²) in [5.41, 5.74) is 7.05. The van der Waals surface area contributed by atoms with E-state index in [2.05, 4.69) is 10.4 Å². The Labute approximate surface area is 120 Å². The minimum Gasteiger partial charge on any atom is -0.366 e. The molecule has 0 saturated heterocycles. The number of rotatable bonds is 3. The van der Waals surface area contributed by atoms with Gasteiger partial charge in [0.1, 0.15) is 0 Å². The maximum atomic E-state index is 12.3. The number of fused-ring (bicyclic) bond motifs is 1. The van der Waals surface area contributed by atoms with Crippen LogP contribution in [0.5, 0.6) is 0 Å². The fourth-order valence-electron chi connectivity index (χ4n) is 2.11. The van der Waals surface area contributed by atoms with Gasteiger partial charge in [0.05, 0.1) is 28.5 Å². The molecule has 3 N–H and O–H groups in total. The highest BCUT2D eigenvalue weighted by atomic mass is 16.2.